The van der Waals surface area contributed by atoms with Crippen LogP contribution in [0.4, 0.5) is 0 Å². The molecule has 0 aromatic heterocycles. The van der Waals surface area contributed by atoms with Crippen LogP contribution in [-0.2, 0) is 6.42 Å². The van der Waals surface area contributed by atoms with Gasteiger partial charge in [0.2, 0.25) is 0 Å². The Morgan fingerprint density at radius 1 is 1.32 bits per heavy atom. The van der Waals surface area contributed by atoms with Crippen LogP contribution in [0.5, 0.6) is 0 Å². The molecule has 104 valence electrons. The van der Waals surface area contributed by atoms with Crippen LogP contribution in [0.3, 0.4) is 0 Å². The van der Waals surface area contributed by atoms with Crippen LogP contribution in [0.15, 0.2) is 24.3 Å². The number of hydrogen-bond donors (Lipinski definition) is 1. The van der Waals surface area contributed by atoms with Crippen LogP contribution in [0.2, 0.25) is 0 Å². The number of benzene rings is 1. The van der Waals surface area contributed by atoms with Gasteiger partial charge in [0.1, 0.15) is 0 Å². The molecule has 2 aliphatic carbocycles. The van der Waals surface area contributed by atoms with E-state index in [2.05, 4.69) is 48.5 Å². The molecule has 3 rings (SSSR count). The first-order chi connectivity index (χ1) is 9.31. The Bertz CT molecular complexity index is 429. The molecular formula is C17H26N2. The highest BCUT2D eigenvalue weighted by Gasteiger charge is 2.52. The second-order valence-corrected chi connectivity index (χ2v) is 6.19. The lowest BCUT2D eigenvalue weighted by Gasteiger charge is -2.14. The van der Waals surface area contributed by atoms with Crippen molar-refractivity contribution in [3.05, 3.63) is 35.4 Å². The Labute approximate surface area is 117 Å². The number of aryl methyl sites for hydroxylation is 1. The molecular weight excluding hydrogens is 232 g/mol. The third kappa shape index (κ3) is 2.70. The van der Waals surface area contributed by atoms with Crippen molar-refractivity contribution in [3.63, 3.8) is 0 Å². The summed E-state index contributed by atoms with van der Waals surface area (Å²) in [6.45, 7) is 6.86. The zero-order chi connectivity index (χ0) is 13.2. The maximum atomic E-state index is 3.66. The molecule has 1 aromatic rings. The molecule has 1 aromatic carbocycles. The van der Waals surface area contributed by atoms with E-state index in [1.165, 1.54) is 19.4 Å². The fraction of sp³-hybridized carbons (Fsp3) is 0.647. The van der Waals surface area contributed by atoms with E-state index in [0.29, 0.717) is 0 Å². The predicted octanol–water partition coefficient (Wildman–Crippen LogP) is 2.50. The van der Waals surface area contributed by atoms with Crippen molar-refractivity contribution in [1.82, 2.24) is 10.2 Å². The molecule has 0 aliphatic heterocycles. The van der Waals surface area contributed by atoms with E-state index in [1.54, 1.807) is 11.1 Å². The highest BCUT2D eigenvalue weighted by molar-refractivity contribution is 5.39. The maximum absolute atomic E-state index is 3.66. The molecule has 0 bridgehead atoms. The lowest BCUT2D eigenvalue weighted by molar-refractivity contribution is 0.347. The first-order valence-electron chi connectivity index (χ1n) is 7.78. The molecule has 19 heavy (non-hydrogen) atoms. The summed E-state index contributed by atoms with van der Waals surface area (Å²) in [4.78, 5) is 2.36. The van der Waals surface area contributed by atoms with Crippen molar-refractivity contribution in [1.29, 1.82) is 0 Å². The lowest BCUT2D eigenvalue weighted by atomic mass is 9.92. The Morgan fingerprint density at radius 2 is 2.16 bits per heavy atom. The van der Waals surface area contributed by atoms with Gasteiger partial charge in [-0.2, -0.15) is 0 Å². The summed E-state index contributed by atoms with van der Waals surface area (Å²) in [5.74, 6) is 2.73. The lowest BCUT2D eigenvalue weighted by Crippen LogP contribution is -2.30. The largest absolute Gasteiger partial charge is 0.315 e. The van der Waals surface area contributed by atoms with Crippen molar-refractivity contribution >= 4 is 0 Å². The van der Waals surface area contributed by atoms with Gasteiger partial charge in [0.05, 0.1) is 0 Å². The van der Waals surface area contributed by atoms with Gasteiger partial charge in [-0.25, -0.2) is 0 Å². The average Bonchev–Trinajstić information content (AvgIpc) is 3.17. The Morgan fingerprint density at radius 3 is 3.00 bits per heavy atom. The molecule has 2 nitrogen and oxygen atoms in total. The standard InChI is InChI=1S/C17H26N2/c1-3-19(2)11-10-18-12-16-15-9-8-13-6-4-5-7-14(13)17(15)16/h4-7,15-18H,3,8-12H2,1-2H3. The fourth-order valence-electron chi connectivity index (χ4n) is 3.68. The minimum absolute atomic E-state index is 0.862. The molecule has 2 heteroatoms. The third-order valence-corrected chi connectivity index (χ3v) is 5.08. The van der Waals surface area contributed by atoms with Gasteiger partial charge in [0.15, 0.2) is 0 Å². The number of nitrogens with one attached hydrogen (secondary N) is 1. The highest BCUT2D eigenvalue weighted by Crippen LogP contribution is 2.59. The van der Waals surface area contributed by atoms with Crippen LogP contribution < -0.4 is 5.32 Å². The van der Waals surface area contributed by atoms with Crippen molar-refractivity contribution in [2.45, 2.75) is 25.7 Å². The van der Waals surface area contributed by atoms with Crippen LogP contribution >= 0.6 is 0 Å². The van der Waals surface area contributed by atoms with Gasteiger partial charge in [-0.1, -0.05) is 31.2 Å². The summed E-state index contributed by atoms with van der Waals surface area (Å²) in [5.41, 5.74) is 3.26. The fourth-order valence-corrected chi connectivity index (χ4v) is 3.68. The van der Waals surface area contributed by atoms with Crippen LogP contribution in [0.25, 0.3) is 0 Å². The van der Waals surface area contributed by atoms with Gasteiger partial charge in [-0.05, 0) is 61.9 Å². The average molecular weight is 258 g/mol. The first-order valence-corrected chi connectivity index (χ1v) is 7.78. The zero-order valence-corrected chi connectivity index (χ0v) is 12.2. The first kappa shape index (κ1) is 13.1. The van der Waals surface area contributed by atoms with Gasteiger partial charge in [0.25, 0.3) is 0 Å². The van der Waals surface area contributed by atoms with Crippen LogP contribution in [0.1, 0.15) is 30.4 Å². The van der Waals surface area contributed by atoms with Gasteiger partial charge in [-0.3, -0.25) is 0 Å². The van der Waals surface area contributed by atoms with Gasteiger partial charge in [0, 0.05) is 13.1 Å². The molecule has 0 saturated heterocycles. The molecule has 1 saturated carbocycles. The summed E-state index contributed by atoms with van der Waals surface area (Å²) < 4.78 is 0. The normalized spacial score (nSPS) is 28.1. The minimum Gasteiger partial charge on any atom is -0.315 e. The molecule has 0 heterocycles. The Balaban J connectivity index is 1.48. The van der Waals surface area contributed by atoms with Gasteiger partial charge in [-0.15, -0.1) is 0 Å². The molecule has 0 amide bonds. The molecule has 3 unspecified atom stereocenters. The minimum atomic E-state index is 0.862. The Kier molecular flexibility index (Phi) is 3.90. The quantitative estimate of drug-likeness (QED) is 0.789. The summed E-state index contributed by atoms with van der Waals surface area (Å²) in [5, 5.41) is 3.66. The van der Waals surface area contributed by atoms with Crippen LogP contribution in [0, 0.1) is 11.8 Å². The van der Waals surface area contributed by atoms with Crippen molar-refractivity contribution in [3.8, 4) is 0 Å². The van der Waals surface area contributed by atoms with E-state index in [-0.39, 0.29) is 0 Å². The van der Waals surface area contributed by atoms with E-state index >= 15 is 0 Å². The number of nitrogens with zero attached hydrogens (tertiary/aromatic N) is 1. The molecule has 1 fully saturated rings. The zero-order valence-electron chi connectivity index (χ0n) is 12.2. The highest BCUT2D eigenvalue weighted by atomic mass is 15.1. The maximum Gasteiger partial charge on any atom is 0.0104 e. The van der Waals surface area contributed by atoms with E-state index in [1.807, 2.05) is 0 Å². The summed E-state index contributed by atoms with van der Waals surface area (Å²) in [6.07, 6.45) is 2.70. The molecule has 3 atom stereocenters. The summed E-state index contributed by atoms with van der Waals surface area (Å²) in [6, 6.07) is 9.08. The monoisotopic (exact) mass is 258 g/mol. The molecule has 2 aliphatic rings. The van der Waals surface area contributed by atoms with Gasteiger partial charge < -0.3 is 10.2 Å². The topological polar surface area (TPSA) is 15.3 Å². The van der Waals surface area contributed by atoms with Crippen molar-refractivity contribution < 1.29 is 0 Å². The van der Waals surface area contributed by atoms with E-state index in [9.17, 15) is 0 Å². The van der Waals surface area contributed by atoms with Crippen molar-refractivity contribution in [2.75, 3.05) is 33.2 Å². The number of hydrogen-bond acceptors (Lipinski definition) is 2. The SMILES string of the molecule is CCN(C)CCNCC1C2CCc3ccccc3C21. The van der Waals surface area contributed by atoms with Crippen molar-refractivity contribution in [2.24, 2.45) is 11.8 Å². The van der Waals surface area contributed by atoms with E-state index < -0.39 is 0 Å². The van der Waals surface area contributed by atoms with Crippen LogP contribution in [-0.4, -0.2) is 38.1 Å². The molecule has 1 N–H and O–H groups in total. The smallest absolute Gasteiger partial charge is 0.0104 e. The van der Waals surface area contributed by atoms with E-state index in [0.717, 1.165) is 37.4 Å². The second kappa shape index (κ2) is 5.64. The predicted molar refractivity (Wildman–Crippen MR) is 80.5 cm³/mol. The number of rotatable bonds is 6. The third-order valence-electron chi connectivity index (χ3n) is 5.08. The molecule has 0 spiro atoms. The summed E-state index contributed by atoms with van der Waals surface area (Å²) in [7, 11) is 2.19. The Hall–Kier alpha value is -0.860. The van der Waals surface area contributed by atoms with E-state index in [4.69, 9.17) is 0 Å². The van der Waals surface area contributed by atoms with Gasteiger partial charge >= 0.3 is 0 Å². The summed E-state index contributed by atoms with van der Waals surface area (Å²) >= 11 is 0. The number of likely N-dealkylation sites (N-methyl/N-ethyl adjacent to an activating group) is 1. The second-order valence-electron chi connectivity index (χ2n) is 6.19. The number of fused-ring (bicyclic) bond motifs is 3. The molecule has 0 radical (unpaired) electrons.